The van der Waals surface area contributed by atoms with Gasteiger partial charge in [-0.2, -0.15) is 0 Å². The van der Waals surface area contributed by atoms with E-state index in [9.17, 15) is 10.1 Å². The fourth-order valence-corrected chi connectivity index (χ4v) is 1.95. The van der Waals surface area contributed by atoms with Gasteiger partial charge in [0.25, 0.3) is 0 Å². The molecule has 0 fully saturated rings. The molecule has 1 rings (SSSR count). The number of para-hydroxylation sites is 1. The summed E-state index contributed by atoms with van der Waals surface area (Å²) in [6.45, 7) is 7.72. The van der Waals surface area contributed by atoms with Crippen molar-refractivity contribution in [2.24, 2.45) is 5.92 Å². The Hall–Kier alpha value is -2.04. The van der Waals surface area contributed by atoms with Gasteiger partial charge in [-0.25, -0.2) is 0 Å². The number of nitrogens with zero attached hydrogens (tertiary/aromatic N) is 1. The monoisotopic (exact) mass is 293 g/mol. The molecule has 0 N–H and O–H groups in total. The molecule has 0 aromatic heterocycles. The van der Waals surface area contributed by atoms with Crippen LogP contribution >= 0.6 is 0 Å². The number of ether oxygens (including phenoxy) is 2. The maximum absolute atomic E-state index is 11.2. The number of methoxy groups -OCH3 is 1. The van der Waals surface area contributed by atoms with Crippen LogP contribution < -0.4 is 9.47 Å². The molecule has 0 saturated heterocycles. The van der Waals surface area contributed by atoms with E-state index in [2.05, 4.69) is 0 Å². The van der Waals surface area contributed by atoms with Gasteiger partial charge < -0.3 is 9.47 Å². The summed E-state index contributed by atoms with van der Waals surface area (Å²) in [5, 5.41) is 11.2. The zero-order valence-corrected chi connectivity index (χ0v) is 13.3. The van der Waals surface area contributed by atoms with E-state index in [0.29, 0.717) is 23.5 Å². The largest absolute Gasteiger partial charge is 0.493 e. The highest BCUT2D eigenvalue weighted by Gasteiger charge is 2.17. The van der Waals surface area contributed by atoms with Crippen LogP contribution in [0.15, 0.2) is 23.9 Å². The van der Waals surface area contributed by atoms with Crippen molar-refractivity contribution in [3.8, 4) is 11.5 Å². The van der Waals surface area contributed by atoms with Crippen LogP contribution in [0.25, 0.3) is 6.08 Å². The van der Waals surface area contributed by atoms with Gasteiger partial charge in [0.2, 0.25) is 5.70 Å². The molecule has 0 radical (unpaired) electrons. The summed E-state index contributed by atoms with van der Waals surface area (Å²) in [7, 11) is 1.55. The van der Waals surface area contributed by atoms with E-state index >= 15 is 0 Å². The summed E-state index contributed by atoms with van der Waals surface area (Å²) in [4.78, 5) is 10.9. The van der Waals surface area contributed by atoms with E-state index in [1.165, 1.54) is 0 Å². The van der Waals surface area contributed by atoms with Gasteiger partial charge in [0.15, 0.2) is 11.5 Å². The lowest BCUT2D eigenvalue weighted by Crippen LogP contribution is -2.08. The zero-order chi connectivity index (χ0) is 16.0. The second-order valence-corrected chi connectivity index (χ2v) is 5.54. The topological polar surface area (TPSA) is 61.6 Å². The van der Waals surface area contributed by atoms with Crippen LogP contribution in [0.4, 0.5) is 0 Å². The van der Waals surface area contributed by atoms with Crippen LogP contribution in [-0.4, -0.2) is 18.1 Å². The molecule has 1 aromatic carbocycles. The Balaban J connectivity index is 3.29. The fraction of sp³-hybridized carbons (Fsp3) is 0.500. The van der Waals surface area contributed by atoms with Crippen molar-refractivity contribution in [3.05, 3.63) is 39.6 Å². The first-order chi connectivity index (χ1) is 9.85. The minimum atomic E-state index is -0.335. The Morgan fingerprint density at radius 2 is 2.00 bits per heavy atom. The second-order valence-electron chi connectivity index (χ2n) is 5.54. The van der Waals surface area contributed by atoms with Crippen LogP contribution in [0.2, 0.25) is 0 Å². The van der Waals surface area contributed by atoms with Crippen LogP contribution in [0, 0.1) is 16.0 Å². The summed E-state index contributed by atoms with van der Waals surface area (Å²) < 4.78 is 11.0. The first kappa shape index (κ1) is 17.0. The molecule has 1 aromatic rings. The van der Waals surface area contributed by atoms with E-state index in [1.54, 1.807) is 31.4 Å². The quantitative estimate of drug-likeness (QED) is 0.559. The lowest BCUT2D eigenvalue weighted by molar-refractivity contribution is -0.427. The summed E-state index contributed by atoms with van der Waals surface area (Å²) >= 11 is 0. The van der Waals surface area contributed by atoms with Gasteiger partial charge in [-0.3, -0.25) is 10.1 Å². The Morgan fingerprint density at radius 3 is 2.48 bits per heavy atom. The van der Waals surface area contributed by atoms with Gasteiger partial charge >= 0.3 is 0 Å². The molecule has 0 bridgehead atoms. The molecule has 0 aliphatic heterocycles. The van der Waals surface area contributed by atoms with Crippen molar-refractivity contribution in [3.63, 3.8) is 0 Å². The third-order valence-corrected chi connectivity index (χ3v) is 2.76. The highest BCUT2D eigenvalue weighted by molar-refractivity contribution is 5.63. The van der Waals surface area contributed by atoms with Gasteiger partial charge in [-0.15, -0.1) is 0 Å². The fourth-order valence-electron chi connectivity index (χ4n) is 1.95. The Morgan fingerprint density at radius 1 is 1.33 bits per heavy atom. The van der Waals surface area contributed by atoms with Crippen molar-refractivity contribution < 1.29 is 14.4 Å². The number of hydrogen-bond acceptors (Lipinski definition) is 4. The minimum Gasteiger partial charge on any atom is -0.493 e. The van der Waals surface area contributed by atoms with Crippen LogP contribution in [0.3, 0.4) is 0 Å². The number of benzene rings is 1. The van der Waals surface area contributed by atoms with Crippen molar-refractivity contribution in [2.45, 2.75) is 40.2 Å². The molecule has 0 amide bonds. The van der Waals surface area contributed by atoms with Crippen LogP contribution in [0.1, 0.15) is 39.7 Å². The lowest BCUT2D eigenvalue weighted by atomic mass is 10.1. The maximum Gasteiger partial charge on any atom is 0.247 e. The van der Waals surface area contributed by atoms with E-state index in [0.717, 1.165) is 0 Å². The minimum absolute atomic E-state index is 0.0439. The van der Waals surface area contributed by atoms with Crippen molar-refractivity contribution in [1.82, 2.24) is 0 Å². The SMILES string of the molecule is COc1cccc(C=C(CC(C)C)[N+](=O)[O-])c1OC(C)C. The van der Waals surface area contributed by atoms with Crippen molar-refractivity contribution in [1.29, 1.82) is 0 Å². The Labute approximate surface area is 125 Å². The molecule has 0 heterocycles. The van der Waals surface area contributed by atoms with Gasteiger partial charge in [-0.1, -0.05) is 26.0 Å². The number of allylic oxidation sites excluding steroid dienone is 1. The van der Waals surface area contributed by atoms with Gasteiger partial charge in [0.05, 0.1) is 18.1 Å². The molecule has 116 valence electrons. The average Bonchev–Trinajstić information content (AvgIpc) is 2.38. The molecule has 0 aliphatic carbocycles. The van der Waals surface area contributed by atoms with Gasteiger partial charge in [0.1, 0.15) is 0 Å². The molecule has 5 heteroatoms. The summed E-state index contributed by atoms with van der Waals surface area (Å²) in [5.74, 6) is 1.32. The van der Waals surface area contributed by atoms with Gasteiger partial charge in [-0.05, 0) is 25.8 Å². The molecule has 0 unspecified atom stereocenters. The molecule has 0 aliphatic rings. The van der Waals surface area contributed by atoms with E-state index in [1.807, 2.05) is 27.7 Å². The summed E-state index contributed by atoms with van der Waals surface area (Å²) in [5.41, 5.74) is 0.835. The standard InChI is InChI=1S/C16H23NO4/c1-11(2)9-14(17(18)19)10-13-7-6-8-15(20-5)16(13)21-12(3)4/h6-8,10-12H,9H2,1-5H3. The molecule has 0 saturated carbocycles. The molecule has 0 spiro atoms. The average molecular weight is 293 g/mol. The van der Waals surface area contributed by atoms with Gasteiger partial charge in [0, 0.05) is 18.1 Å². The van der Waals surface area contributed by atoms with E-state index in [4.69, 9.17) is 9.47 Å². The van der Waals surface area contributed by atoms with Crippen molar-refractivity contribution in [2.75, 3.05) is 7.11 Å². The zero-order valence-electron chi connectivity index (χ0n) is 13.3. The van der Waals surface area contributed by atoms with E-state index < -0.39 is 0 Å². The molecular weight excluding hydrogens is 270 g/mol. The number of nitro groups is 1. The summed E-state index contributed by atoms with van der Waals surface area (Å²) in [6.07, 6.45) is 1.93. The third-order valence-electron chi connectivity index (χ3n) is 2.76. The third kappa shape index (κ3) is 5.10. The lowest BCUT2D eigenvalue weighted by Gasteiger charge is -2.16. The molecular formula is C16H23NO4. The first-order valence-corrected chi connectivity index (χ1v) is 7.03. The molecule has 21 heavy (non-hydrogen) atoms. The van der Waals surface area contributed by atoms with Crippen LogP contribution in [-0.2, 0) is 0 Å². The molecule has 0 atom stereocenters. The van der Waals surface area contributed by atoms with Crippen LogP contribution in [0.5, 0.6) is 11.5 Å². The molecule has 5 nitrogen and oxygen atoms in total. The second kappa shape index (κ2) is 7.67. The Bertz CT molecular complexity index is 521. The van der Waals surface area contributed by atoms with Crippen molar-refractivity contribution >= 4 is 6.08 Å². The Kier molecular flexibility index (Phi) is 6.21. The highest BCUT2D eigenvalue weighted by atomic mass is 16.6. The number of hydrogen-bond donors (Lipinski definition) is 0. The summed E-state index contributed by atoms with van der Waals surface area (Å²) in [6, 6.07) is 5.37. The van der Waals surface area contributed by atoms with E-state index in [-0.39, 0.29) is 22.6 Å². The first-order valence-electron chi connectivity index (χ1n) is 7.03. The highest BCUT2D eigenvalue weighted by Crippen LogP contribution is 2.34. The predicted octanol–water partition coefficient (Wildman–Crippen LogP) is 4.15. The maximum atomic E-state index is 11.2. The smallest absolute Gasteiger partial charge is 0.247 e. The number of rotatable bonds is 7. The normalized spacial score (nSPS) is 11.9. The predicted molar refractivity (Wildman–Crippen MR) is 83.2 cm³/mol.